The van der Waals surface area contributed by atoms with Crippen molar-refractivity contribution >= 4 is 11.9 Å². The van der Waals surface area contributed by atoms with Crippen LogP contribution in [-0.4, -0.2) is 56.3 Å². The largest absolute Gasteiger partial charge is 0.462 e. The normalized spacial score (nSPS) is 29.5. The molecule has 0 aromatic rings. The Kier molecular flexibility index (Phi) is 20.9. The first-order valence-corrected chi connectivity index (χ1v) is 26.0. The van der Waals surface area contributed by atoms with Gasteiger partial charge in [-0.25, -0.2) is 0 Å². The molecule has 3 saturated carbocycles. The molecule has 0 aromatic carbocycles. The molecule has 0 amide bonds. The number of likely N-dealkylation sites (N-methyl/N-ethyl adjacent to an activating group) is 1. The van der Waals surface area contributed by atoms with E-state index in [1.54, 1.807) is 5.57 Å². The number of hydrogen-bond donors (Lipinski definition) is 0. The average molecular weight is 825 g/mol. The number of ether oxygens (including phenoxy) is 2. The van der Waals surface area contributed by atoms with E-state index in [4.69, 9.17) is 9.47 Å². The highest BCUT2D eigenvalue weighted by Gasteiger charge is 2.59. The lowest BCUT2D eigenvalue weighted by atomic mass is 9.47. The maximum atomic E-state index is 13.5. The van der Waals surface area contributed by atoms with Crippen LogP contribution in [0, 0.1) is 52.3 Å². The first kappa shape index (κ1) is 50.3. The van der Waals surface area contributed by atoms with Crippen LogP contribution in [0.2, 0.25) is 0 Å². The van der Waals surface area contributed by atoms with E-state index in [-0.39, 0.29) is 29.9 Å². The molecule has 0 bridgehead atoms. The average Bonchev–Trinajstić information content (AvgIpc) is 3.53. The summed E-state index contributed by atoms with van der Waals surface area (Å²) in [4.78, 5) is 26.5. The molecule has 0 aliphatic heterocycles. The van der Waals surface area contributed by atoms with Crippen LogP contribution < -0.4 is 0 Å². The number of hydrogen-bond acceptors (Lipinski definition) is 4. The summed E-state index contributed by atoms with van der Waals surface area (Å²) in [6.07, 6.45) is 36.1. The molecule has 4 aliphatic rings. The van der Waals surface area contributed by atoms with Gasteiger partial charge in [-0.1, -0.05) is 163 Å². The molecule has 5 nitrogen and oxygen atoms in total. The number of nitrogens with zero attached hydrogens (tertiary/aromatic N) is 1. The molecule has 0 heterocycles. The van der Waals surface area contributed by atoms with Crippen molar-refractivity contribution in [1.29, 1.82) is 0 Å². The highest BCUT2D eigenvalue weighted by Crippen LogP contribution is 2.67. The van der Waals surface area contributed by atoms with Gasteiger partial charge >= 0.3 is 11.9 Å². The molecular weight excluding hydrogens is 727 g/mol. The number of carbonyl (C=O) groups is 2. The van der Waals surface area contributed by atoms with Crippen LogP contribution >= 0.6 is 0 Å². The Labute approximate surface area is 366 Å². The molecule has 10 atom stereocenters. The molecule has 3 fully saturated rings. The number of rotatable bonds is 28. The number of fused-ring (bicyclic) bond motifs is 5. The molecule has 0 radical (unpaired) electrons. The molecule has 5 heteroatoms. The third kappa shape index (κ3) is 15.2. The summed E-state index contributed by atoms with van der Waals surface area (Å²) < 4.78 is 12.9. The van der Waals surface area contributed by atoms with E-state index in [0.717, 1.165) is 73.5 Å². The molecule has 4 aliphatic carbocycles. The lowest BCUT2D eigenvalue weighted by Gasteiger charge is -2.58. The summed E-state index contributed by atoms with van der Waals surface area (Å²) in [6.45, 7) is 18.0. The minimum Gasteiger partial charge on any atom is -0.462 e. The van der Waals surface area contributed by atoms with E-state index < -0.39 is 6.10 Å². The third-order valence-electron chi connectivity index (χ3n) is 17.0. The number of allylic oxidation sites excluding steroid dienone is 1. The lowest BCUT2D eigenvalue weighted by Crippen LogP contribution is -2.51. The molecular formula is C54H98NO4+. The van der Waals surface area contributed by atoms with E-state index in [1.807, 2.05) is 0 Å². The fourth-order valence-corrected chi connectivity index (χ4v) is 13.5. The molecule has 0 spiro atoms. The van der Waals surface area contributed by atoms with Crippen molar-refractivity contribution < 1.29 is 23.5 Å². The Bertz CT molecular complexity index is 1270. The summed E-state index contributed by atoms with van der Waals surface area (Å²) in [7, 11) is 6.30. The molecule has 4 rings (SSSR count). The van der Waals surface area contributed by atoms with Gasteiger partial charge < -0.3 is 14.0 Å². The topological polar surface area (TPSA) is 52.6 Å². The molecule has 0 aromatic heterocycles. The summed E-state index contributed by atoms with van der Waals surface area (Å²) in [6, 6.07) is 0. The van der Waals surface area contributed by atoms with Crippen molar-refractivity contribution in [2.75, 3.05) is 27.7 Å². The van der Waals surface area contributed by atoms with Gasteiger partial charge in [-0.3, -0.25) is 9.59 Å². The minimum absolute atomic E-state index is 0.0671. The van der Waals surface area contributed by atoms with E-state index >= 15 is 0 Å². The lowest BCUT2D eigenvalue weighted by molar-refractivity contribution is -0.873. The maximum Gasteiger partial charge on any atom is 0.310 e. The summed E-state index contributed by atoms with van der Waals surface area (Å²) in [5.74, 6) is 5.42. The van der Waals surface area contributed by atoms with Crippen molar-refractivity contribution in [2.45, 2.75) is 240 Å². The second-order valence-corrected chi connectivity index (χ2v) is 22.8. The van der Waals surface area contributed by atoms with Crippen LogP contribution in [0.25, 0.3) is 0 Å². The number of carbonyl (C=O) groups excluding carboxylic acids is 2. The number of unbranched alkanes of at least 4 members (excludes halogenated alkanes) is 14. The summed E-state index contributed by atoms with van der Waals surface area (Å²) >= 11 is 0. The van der Waals surface area contributed by atoms with Gasteiger partial charge in [-0.05, 0) is 110 Å². The zero-order valence-electron chi connectivity index (χ0n) is 40.9. The van der Waals surface area contributed by atoms with Crippen molar-refractivity contribution in [3.63, 3.8) is 0 Å². The van der Waals surface area contributed by atoms with Crippen LogP contribution in [0.4, 0.5) is 0 Å². The fourth-order valence-electron chi connectivity index (χ4n) is 13.5. The van der Waals surface area contributed by atoms with Crippen molar-refractivity contribution in [1.82, 2.24) is 0 Å². The molecule has 59 heavy (non-hydrogen) atoms. The van der Waals surface area contributed by atoms with Crippen LogP contribution in [-0.2, 0) is 19.1 Å². The van der Waals surface area contributed by atoms with Gasteiger partial charge in [0.25, 0.3) is 0 Å². The Balaban J connectivity index is 1.18. The van der Waals surface area contributed by atoms with Crippen LogP contribution in [0.15, 0.2) is 11.6 Å². The van der Waals surface area contributed by atoms with E-state index in [2.05, 4.69) is 75.7 Å². The smallest absolute Gasteiger partial charge is 0.310 e. The summed E-state index contributed by atoms with van der Waals surface area (Å²) in [5, 5.41) is 0. The summed E-state index contributed by atoms with van der Waals surface area (Å²) in [5.41, 5.74) is 2.29. The second kappa shape index (κ2) is 24.5. The van der Waals surface area contributed by atoms with Crippen molar-refractivity contribution in [3.05, 3.63) is 11.6 Å². The molecule has 3 unspecified atom stereocenters. The Morgan fingerprint density at radius 3 is 1.93 bits per heavy atom. The number of esters is 2. The highest BCUT2D eigenvalue weighted by molar-refractivity contribution is 5.72. The van der Waals surface area contributed by atoms with Gasteiger partial charge in [0.05, 0.1) is 27.6 Å². The van der Waals surface area contributed by atoms with Gasteiger partial charge in [0.2, 0.25) is 0 Å². The zero-order valence-corrected chi connectivity index (χ0v) is 40.9. The number of quaternary nitrogens is 1. The molecule has 342 valence electrons. The highest BCUT2D eigenvalue weighted by atomic mass is 16.6. The van der Waals surface area contributed by atoms with Crippen LogP contribution in [0.1, 0.15) is 228 Å². The Hall–Kier alpha value is -1.36. The van der Waals surface area contributed by atoms with E-state index in [9.17, 15) is 9.59 Å². The minimum atomic E-state index is -0.451. The van der Waals surface area contributed by atoms with Crippen molar-refractivity contribution in [3.8, 4) is 0 Å². The standard InChI is InChI=1S/C54H98NO4/c1-11-13-14-15-16-17-18-19-20-21-22-23-24-25-26-27-51(56)59-46(40-55(8,9)10)39-52(57)58-45-34-36-53(6)44(38-45)30-31-47-49-33-32-48(54(49,7)37-35-50(47)53)42(5)28-29-43(12-2)41(3)4/h30,41-43,45-50H,11-29,31-40H2,1-10H3/q+1/t42?,43?,45-,46?,47-,48+,49-,50-,53-,54+/m0/s1. The van der Waals surface area contributed by atoms with Crippen LogP contribution in [0.5, 0.6) is 0 Å². The zero-order chi connectivity index (χ0) is 43.1. The van der Waals surface area contributed by atoms with E-state index in [1.165, 1.54) is 135 Å². The monoisotopic (exact) mass is 825 g/mol. The second-order valence-electron chi connectivity index (χ2n) is 22.8. The first-order valence-electron chi connectivity index (χ1n) is 26.0. The van der Waals surface area contributed by atoms with Gasteiger partial charge in [0.1, 0.15) is 12.6 Å². The van der Waals surface area contributed by atoms with Crippen molar-refractivity contribution in [2.24, 2.45) is 52.3 Å². The molecule has 0 N–H and O–H groups in total. The van der Waals surface area contributed by atoms with Crippen LogP contribution in [0.3, 0.4) is 0 Å². The fraction of sp³-hybridized carbons (Fsp3) is 0.926. The quantitative estimate of drug-likeness (QED) is 0.0341. The predicted molar refractivity (Wildman–Crippen MR) is 249 cm³/mol. The maximum absolute atomic E-state index is 13.5. The Morgan fingerprint density at radius 1 is 0.746 bits per heavy atom. The van der Waals surface area contributed by atoms with Gasteiger partial charge in [0.15, 0.2) is 6.10 Å². The Morgan fingerprint density at radius 2 is 1.36 bits per heavy atom. The predicted octanol–water partition coefficient (Wildman–Crippen LogP) is 14.8. The van der Waals surface area contributed by atoms with E-state index in [0.29, 0.717) is 22.9 Å². The van der Waals surface area contributed by atoms with Gasteiger partial charge in [-0.2, -0.15) is 0 Å². The molecule has 0 saturated heterocycles. The third-order valence-corrected chi connectivity index (χ3v) is 17.0. The van der Waals surface area contributed by atoms with Gasteiger partial charge in [0, 0.05) is 12.8 Å². The first-order chi connectivity index (χ1) is 28.1. The van der Waals surface area contributed by atoms with Gasteiger partial charge in [-0.15, -0.1) is 0 Å². The SMILES string of the molecule is CCCCCCCCCCCCCCCCCC(=O)OC(CC(=O)O[C@H]1CC[C@@]2(C)C(=CC[C@H]3[C@@H]4CC[C@H](C(C)CCC(CC)C(C)C)[C@@]4(C)CC[C@@H]32)C1)C[N+](C)(C)C.